The van der Waals surface area contributed by atoms with E-state index in [1.807, 2.05) is 84.2 Å². The van der Waals surface area contributed by atoms with Crippen molar-refractivity contribution in [2.75, 3.05) is 6.54 Å². The van der Waals surface area contributed by atoms with E-state index < -0.39 is 0 Å². The molecule has 1 aromatic heterocycles. The maximum Gasteiger partial charge on any atom is 0.254 e. The van der Waals surface area contributed by atoms with Gasteiger partial charge < -0.3 is 9.47 Å². The van der Waals surface area contributed by atoms with Crippen molar-refractivity contribution in [3.8, 4) is 0 Å². The van der Waals surface area contributed by atoms with Gasteiger partial charge in [-0.1, -0.05) is 54.2 Å². The van der Waals surface area contributed by atoms with Gasteiger partial charge in [0.05, 0.1) is 0 Å². The van der Waals surface area contributed by atoms with Crippen molar-refractivity contribution in [1.82, 2.24) is 14.5 Å². The number of hydrogen-bond donors (Lipinski definition) is 0. The zero-order valence-corrected chi connectivity index (χ0v) is 15.9. The molecule has 0 N–H and O–H groups in total. The minimum atomic E-state index is 0.0691. The van der Waals surface area contributed by atoms with Gasteiger partial charge in [0, 0.05) is 43.8 Å². The van der Waals surface area contributed by atoms with Gasteiger partial charge in [-0.2, -0.15) is 0 Å². The molecule has 0 aliphatic heterocycles. The number of aromatic nitrogens is 2. The van der Waals surface area contributed by atoms with Crippen LogP contribution in [0.3, 0.4) is 0 Å². The molecule has 5 heteroatoms. The van der Waals surface area contributed by atoms with Crippen molar-refractivity contribution in [2.45, 2.75) is 24.4 Å². The topological polar surface area (TPSA) is 38.1 Å². The van der Waals surface area contributed by atoms with Crippen LogP contribution in [0.4, 0.5) is 0 Å². The van der Waals surface area contributed by atoms with E-state index in [9.17, 15) is 4.79 Å². The third-order valence-corrected chi connectivity index (χ3v) is 5.36. The van der Waals surface area contributed by atoms with Crippen LogP contribution in [-0.2, 0) is 19.3 Å². The fraction of sp³-hybridized carbons (Fsp3) is 0.238. The first-order valence-corrected chi connectivity index (χ1v) is 9.68. The fourth-order valence-electron chi connectivity index (χ4n) is 2.70. The van der Waals surface area contributed by atoms with Gasteiger partial charge in [-0.05, 0) is 30.2 Å². The van der Waals surface area contributed by atoms with Gasteiger partial charge in [0.2, 0.25) is 0 Å². The summed E-state index contributed by atoms with van der Waals surface area (Å²) < 4.78 is 2.01. The summed E-state index contributed by atoms with van der Waals surface area (Å²) in [5.41, 5.74) is 3.06. The minimum Gasteiger partial charge on any atom is -0.335 e. The molecule has 3 aromatic rings. The van der Waals surface area contributed by atoms with Gasteiger partial charge in [-0.3, -0.25) is 4.79 Å². The van der Waals surface area contributed by atoms with Gasteiger partial charge in [0.15, 0.2) is 5.16 Å². The zero-order chi connectivity index (χ0) is 18.4. The molecule has 0 atom stereocenters. The molecule has 26 heavy (non-hydrogen) atoms. The maximum absolute atomic E-state index is 12.8. The Morgan fingerprint density at radius 2 is 1.81 bits per heavy atom. The Labute approximate surface area is 158 Å². The Balaban J connectivity index is 1.63. The molecule has 2 aromatic carbocycles. The first kappa shape index (κ1) is 18.3. The van der Waals surface area contributed by atoms with E-state index in [4.69, 9.17) is 0 Å². The molecule has 0 unspecified atom stereocenters. The van der Waals surface area contributed by atoms with Crippen LogP contribution in [-0.4, -0.2) is 26.9 Å². The molecule has 0 bridgehead atoms. The van der Waals surface area contributed by atoms with Crippen LogP contribution in [0.15, 0.2) is 72.1 Å². The highest BCUT2D eigenvalue weighted by atomic mass is 32.2. The predicted molar refractivity (Wildman–Crippen MR) is 106 cm³/mol. The van der Waals surface area contributed by atoms with E-state index in [0.29, 0.717) is 13.1 Å². The summed E-state index contributed by atoms with van der Waals surface area (Å²) >= 11 is 1.69. The summed E-state index contributed by atoms with van der Waals surface area (Å²) in [6.45, 7) is 3.33. The molecule has 0 aliphatic carbocycles. The third kappa shape index (κ3) is 4.55. The van der Waals surface area contributed by atoms with Crippen LogP contribution in [0.25, 0.3) is 0 Å². The number of imidazole rings is 1. The van der Waals surface area contributed by atoms with Crippen molar-refractivity contribution in [1.29, 1.82) is 0 Å². The van der Waals surface area contributed by atoms with Gasteiger partial charge >= 0.3 is 0 Å². The van der Waals surface area contributed by atoms with Crippen molar-refractivity contribution in [2.24, 2.45) is 7.05 Å². The molecule has 0 spiro atoms. The minimum absolute atomic E-state index is 0.0691. The van der Waals surface area contributed by atoms with Crippen molar-refractivity contribution in [3.05, 3.63) is 83.7 Å². The average Bonchev–Trinajstić information content (AvgIpc) is 3.10. The molecule has 0 fully saturated rings. The number of benzene rings is 2. The van der Waals surface area contributed by atoms with E-state index in [0.717, 1.165) is 22.0 Å². The fourth-order valence-corrected chi connectivity index (χ4v) is 3.58. The van der Waals surface area contributed by atoms with E-state index in [-0.39, 0.29) is 5.91 Å². The summed E-state index contributed by atoms with van der Waals surface area (Å²) in [5, 5.41) is 0.991. The van der Waals surface area contributed by atoms with Crippen molar-refractivity contribution < 1.29 is 4.79 Å². The van der Waals surface area contributed by atoms with Gasteiger partial charge in [0.25, 0.3) is 5.91 Å². The van der Waals surface area contributed by atoms with E-state index in [1.165, 1.54) is 5.56 Å². The summed E-state index contributed by atoms with van der Waals surface area (Å²) in [4.78, 5) is 19.0. The van der Waals surface area contributed by atoms with Gasteiger partial charge in [0.1, 0.15) is 0 Å². The highest BCUT2D eigenvalue weighted by Crippen LogP contribution is 2.21. The number of amides is 1. The third-order valence-electron chi connectivity index (χ3n) is 4.23. The average molecular weight is 366 g/mol. The standard InChI is InChI=1S/C21H23N3OS/c1-3-24(15-17-7-5-4-6-8-17)20(25)19-11-9-18(10-12-19)16-26-21-22-13-14-23(21)2/h4-14H,3,15-16H2,1-2H3. The Kier molecular flexibility index (Phi) is 6.12. The van der Waals surface area contributed by atoms with E-state index >= 15 is 0 Å². The van der Waals surface area contributed by atoms with Crippen molar-refractivity contribution in [3.63, 3.8) is 0 Å². The van der Waals surface area contributed by atoms with Crippen LogP contribution in [0, 0.1) is 0 Å². The largest absolute Gasteiger partial charge is 0.335 e. The maximum atomic E-state index is 12.8. The lowest BCUT2D eigenvalue weighted by Gasteiger charge is -2.21. The lowest BCUT2D eigenvalue weighted by atomic mass is 10.1. The zero-order valence-electron chi connectivity index (χ0n) is 15.1. The molecule has 4 nitrogen and oxygen atoms in total. The summed E-state index contributed by atoms with van der Waals surface area (Å²) in [6, 6.07) is 18.0. The Morgan fingerprint density at radius 1 is 1.08 bits per heavy atom. The number of carbonyl (C=O) groups is 1. The van der Waals surface area contributed by atoms with E-state index in [1.54, 1.807) is 18.0 Å². The number of carbonyl (C=O) groups excluding carboxylic acids is 1. The summed E-state index contributed by atoms with van der Waals surface area (Å²) in [6.07, 6.45) is 3.74. The number of aryl methyl sites for hydroxylation is 1. The molecule has 0 saturated carbocycles. The highest BCUT2D eigenvalue weighted by Gasteiger charge is 2.14. The quantitative estimate of drug-likeness (QED) is 0.583. The summed E-state index contributed by atoms with van der Waals surface area (Å²) in [7, 11) is 1.99. The van der Waals surface area contributed by atoms with Gasteiger partial charge in [-0.15, -0.1) is 0 Å². The Bertz CT molecular complexity index is 843. The normalized spacial score (nSPS) is 10.7. The van der Waals surface area contributed by atoms with Crippen LogP contribution in [0.1, 0.15) is 28.4 Å². The van der Waals surface area contributed by atoms with E-state index in [2.05, 4.69) is 4.98 Å². The van der Waals surface area contributed by atoms with Gasteiger partial charge in [-0.25, -0.2) is 4.98 Å². The summed E-state index contributed by atoms with van der Waals surface area (Å²) in [5.74, 6) is 0.903. The van der Waals surface area contributed by atoms with Crippen LogP contribution in [0.2, 0.25) is 0 Å². The number of rotatable bonds is 7. The molecule has 134 valence electrons. The van der Waals surface area contributed by atoms with Crippen LogP contribution in [0.5, 0.6) is 0 Å². The molecule has 0 radical (unpaired) electrons. The molecule has 0 saturated heterocycles. The second kappa shape index (κ2) is 8.72. The van der Waals surface area contributed by atoms with Crippen LogP contribution >= 0.6 is 11.8 Å². The lowest BCUT2D eigenvalue weighted by Crippen LogP contribution is -2.30. The second-order valence-electron chi connectivity index (χ2n) is 6.11. The predicted octanol–water partition coefficient (Wildman–Crippen LogP) is 4.37. The lowest BCUT2D eigenvalue weighted by molar-refractivity contribution is 0.0752. The molecule has 1 heterocycles. The number of thioether (sulfide) groups is 1. The van der Waals surface area contributed by atoms with Crippen LogP contribution < -0.4 is 0 Å². The Morgan fingerprint density at radius 3 is 2.42 bits per heavy atom. The SMILES string of the molecule is CCN(Cc1ccccc1)C(=O)c1ccc(CSc2nccn2C)cc1. The smallest absolute Gasteiger partial charge is 0.254 e. The first-order chi connectivity index (χ1) is 12.7. The highest BCUT2D eigenvalue weighted by molar-refractivity contribution is 7.98. The Hall–Kier alpha value is -2.53. The number of nitrogens with zero attached hydrogens (tertiary/aromatic N) is 3. The monoisotopic (exact) mass is 365 g/mol. The molecular weight excluding hydrogens is 342 g/mol. The molecule has 0 aliphatic rings. The van der Waals surface area contributed by atoms with Crippen molar-refractivity contribution >= 4 is 17.7 Å². The molecular formula is C21H23N3OS. The first-order valence-electron chi connectivity index (χ1n) is 8.69. The molecule has 1 amide bonds. The number of hydrogen-bond acceptors (Lipinski definition) is 3. The molecule has 3 rings (SSSR count). The second-order valence-corrected chi connectivity index (χ2v) is 7.05.